The summed E-state index contributed by atoms with van der Waals surface area (Å²) in [4.78, 5) is 5.23. The number of thiophene rings is 2. The van der Waals surface area contributed by atoms with Crippen LogP contribution in [0.15, 0.2) is 72.8 Å². The molecule has 0 fully saturated rings. The van der Waals surface area contributed by atoms with E-state index in [9.17, 15) is 4.39 Å². The predicted octanol–water partition coefficient (Wildman–Crippen LogP) is 11.5. The van der Waals surface area contributed by atoms with E-state index in [-0.39, 0.29) is 5.54 Å². The second-order valence-corrected chi connectivity index (χ2v) is 17.4. The first kappa shape index (κ1) is 32.8. The highest BCUT2D eigenvalue weighted by atomic mass is 32.1. The van der Waals surface area contributed by atoms with Gasteiger partial charge in [-0.3, -0.25) is 4.90 Å². The Labute approximate surface area is 310 Å². The molecule has 2 aromatic heterocycles. The Morgan fingerprint density at radius 1 is 0.660 bits per heavy atom. The van der Waals surface area contributed by atoms with E-state index in [1.807, 2.05) is 55.6 Å². The summed E-state index contributed by atoms with van der Waals surface area (Å²) < 4.78 is 86.2. The maximum Gasteiger partial charge on any atom is 0.200 e. The highest BCUT2D eigenvalue weighted by molar-refractivity contribution is 7.23. The van der Waals surface area contributed by atoms with E-state index in [0.717, 1.165) is 68.5 Å². The molecule has 7 aromatic rings. The monoisotopic (exact) mass is 751 g/mol. The lowest BCUT2D eigenvalue weighted by molar-refractivity contribution is -0.875. The smallest absolute Gasteiger partial charge is 0.200 e. The maximum atomic E-state index is 16.2. The van der Waals surface area contributed by atoms with Crippen LogP contribution in [-0.4, -0.2) is 14.1 Å². The Morgan fingerprint density at radius 2 is 1.17 bits per heavy atom. The molecule has 10 rings (SSSR count). The number of anilines is 1. The summed E-state index contributed by atoms with van der Waals surface area (Å²) in [6.07, 6.45) is 0. The third-order valence-electron chi connectivity index (χ3n) is 12.1. The summed E-state index contributed by atoms with van der Waals surface area (Å²) in [6.45, 7) is 8.66. The van der Waals surface area contributed by atoms with Crippen molar-refractivity contribution in [2.24, 2.45) is 0 Å². The van der Waals surface area contributed by atoms with Crippen molar-refractivity contribution in [1.82, 2.24) is 0 Å². The van der Waals surface area contributed by atoms with Crippen molar-refractivity contribution in [3.63, 3.8) is 0 Å². The minimum Gasteiger partial charge on any atom is -0.456 e. The molecule has 5 heterocycles. The molecule has 3 aliphatic heterocycles. The van der Waals surface area contributed by atoms with Gasteiger partial charge in [0.25, 0.3) is 0 Å². The van der Waals surface area contributed by atoms with Crippen molar-refractivity contribution in [3.05, 3.63) is 130 Å². The first-order chi connectivity index (χ1) is 25.2. The molecule has 1 N–H and O–H groups in total. The van der Waals surface area contributed by atoms with Gasteiger partial charge >= 0.3 is 0 Å². The minimum atomic E-state index is -2.19. The minimum absolute atomic E-state index is 0.299. The lowest BCUT2D eigenvalue weighted by Crippen LogP contribution is -3.11. The molecule has 0 saturated carbocycles. The topological polar surface area (TPSA) is 16.9 Å². The number of nitrogens with zero attached hydrogens (tertiary/aromatic N) is 1. The van der Waals surface area contributed by atoms with Gasteiger partial charge in [-0.2, -0.15) is 0 Å². The molecule has 0 bridgehead atoms. The van der Waals surface area contributed by atoms with Crippen LogP contribution < -0.4 is 14.5 Å². The summed E-state index contributed by atoms with van der Waals surface area (Å²) in [6, 6.07) is 23.7. The van der Waals surface area contributed by atoms with E-state index < -0.39 is 46.1 Å². The fraction of sp³-hybridized carbons (Fsp3) is 0.209. The number of fused-ring (bicyclic) bond motifs is 12. The Balaban J connectivity index is 1.29. The first-order valence-corrected chi connectivity index (χ1v) is 19.0. The molecular formula is C43H32F5N2OS2+. The molecular weight excluding hydrogens is 720 g/mol. The van der Waals surface area contributed by atoms with Crippen LogP contribution in [-0.2, 0) is 11.1 Å². The van der Waals surface area contributed by atoms with E-state index in [2.05, 4.69) is 63.9 Å². The Morgan fingerprint density at radius 3 is 1.79 bits per heavy atom. The summed E-state index contributed by atoms with van der Waals surface area (Å²) in [7, 11) is 4.08. The molecule has 3 aliphatic rings. The molecule has 3 nitrogen and oxygen atoms in total. The molecule has 266 valence electrons. The number of hydrogen-bond donors (Lipinski definition) is 1. The number of quaternary nitrogens is 1. The summed E-state index contributed by atoms with van der Waals surface area (Å²) in [5.41, 5.74) is 4.59. The number of benzene rings is 5. The van der Waals surface area contributed by atoms with Gasteiger partial charge in [0.15, 0.2) is 23.3 Å². The van der Waals surface area contributed by atoms with Crippen LogP contribution in [0.3, 0.4) is 0 Å². The van der Waals surface area contributed by atoms with Gasteiger partial charge in [0.1, 0.15) is 22.7 Å². The average Bonchev–Trinajstić information content (AvgIpc) is 3.74. The Hall–Kier alpha value is -4.77. The van der Waals surface area contributed by atoms with E-state index >= 15 is 17.6 Å². The van der Waals surface area contributed by atoms with Gasteiger partial charge in [-0.15, -0.1) is 22.7 Å². The quantitative estimate of drug-likeness (QED) is 0.102. The number of nitrogens with one attached hydrogen (secondary N) is 1. The zero-order valence-electron chi connectivity index (χ0n) is 29.6. The molecule has 2 unspecified atom stereocenters. The normalized spacial score (nSPS) is 18.9. The van der Waals surface area contributed by atoms with Crippen LogP contribution in [0.1, 0.15) is 61.4 Å². The third kappa shape index (κ3) is 4.12. The second kappa shape index (κ2) is 10.7. The number of halogens is 5. The van der Waals surface area contributed by atoms with Gasteiger partial charge in [0.2, 0.25) is 5.82 Å². The molecule has 2 atom stereocenters. The van der Waals surface area contributed by atoms with E-state index in [0.29, 0.717) is 22.6 Å². The van der Waals surface area contributed by atoms with E-state index in [1.54, 1.807) is 22.7 Å². The number of ether oxygens (including phenoxy) is 1. The van der Waals surface area contributed by atoms with E-state index in [1.165, 1.54) is 0 Å². The lowest BCUT2D eigenvalue weighted by atomic mass is 9.77. The lowest BCUT2D eigenvalue weighted by Gasteiger charge is -2.44. The van der Waals surface area contributed by atoms with Crippen molar-refractivity contribution in [3.8, 4) is 32.4 Å². The van der Waals surface area contributed by atoms with Gasteiger partial charge in [-0.05, 0) is 57.3 Å². The molecule has 0 spiro atoms. The van der Waals surface area contributed by atoms with Crippen molar-refractivity contribution in [2.75, 3.05) is 19.0 Å². The predicted molar refractivity (Wildman–Crippen MR) is 203 cm³/mol. The van der Waals surface area contributed by atoms with Gasteiger partial charge in [0.05, 0.1) is 23.0 Å². The molecule has 0 saturated heterocycles. The van der Waals surface area contributed by atoms with Gasteiger partial charge < -0.3 is 9.64 Å². The highest BCUT2D eigenvalue weighted by Gasteiger charge is 2.46. The van der Waals surface area contributed by atoms with Crippen LogP contribution in [0.5, 0.6) is 11.5 Å². The molecule has 5 aromatic carbocycles. The molecule has 0 radical (unpaired) electrons. The maximum absolute atomic E-state index is 16.2. The van der Waals surface area contributed by atoms with Crippen LogP contribution in [0.25, 0.3) is 41.1 Å². The van der Waals surface area contributed by atoms with Crippen LogP contribution in [0.2, 0.25) is 0 Å². The Bertz CT molecular complexity index is 2600. The molecule has 10 heteroatoms. The number of hydrogen-bond acceptors (Lipinski definition) is 4. The van der Waals surface area contributed by atoms with Crippen LogP contribution in [0, 0.1) is 29.1 Å². The molecule has 53 heavy (non-hydrogen) atoms. The van der Waals surface area contributed by atoms with E-state index in [4.69, 9.17) is 4.74 Å². The largest absolute Gasteiger partial charge is 0.456 e. The van der Waals surface area contributed by atoms with Crippen molar-refractivity contribution in [2.45, 2.75) is 44.7 Å². The second-order valence-electron chi connectivity index (χ2n) is 15.3. The number of rotatable bonds is 1. The Kier molecular flexibility index (Phi) is 6.62. The fourth-order valence-electron chi connectivity index (χ4n) is 8.93. The van der Waals surface area contributed by atoms with Crippen molar-refractivity contribution >= 4 is 54.2 Å². The zero-order chi connectivity index (χ0) is 37.0. The van der Waals surface area contributed by atoms with Crippen LogP contribution in [0.4, 0.5) is 33.3 Å². The molecule has 0 aliphatic carbocycles. The average molecular weight is 752 g/mol. The third-order valence-corrected chi connectivity index (χ3v) is 14.5. The summed E-state index contributed by atoms with van der Waals surface area (Å²) >= 11 is 3.25. The van der Waals surface area contributed by atoms with Crippen molar-refractivity contribution in [1.29, 1.82) is 0 Å². The van der Waals surface area contributed by atoms with Gasteiger partial charge in [-0.25, -0.2) is 22.0 Å². The van der Waals surface area contributed by atoms with Gasteiger partial charge in [-0.1, -0.05) is 36.4 Å². The fourth-order valence-corrected chi connectivity index (χ4v) is 11.7. The van der Waals surface area contributed by atoms with Crippen LogP contribution >= 0.6 is 22.7 Å². The van der Waals surface area contributed by atoms with Crippen molar-refractivity contribution < 1.29 is 31.6 Å². The summed E-state index contributed by atoms with van der Waals surface area (Å²) in [5, 5.41) is 2.22. The molecule has 0 amide bonds. The zero-order valence-corrected chi connectivity index (χ0v) is 31.2. The summed E-state index contributed by atoms with van der Waals surface area (Å²) in [5.74, 6) is -10.6. The highest BCUT2D eigenvalue weighted by Crippen LogP contribution is 2.59. The van der Waals surface area contributed by atoms with Gasteiger partial charge in [0, 0.05) is 83.8 Å². The standard InChI is InChI=1S/C43H31F5N2OS2/c1-42(2)33-19-11-7-9-13-29(19)52-40(33)21-15-23-27(17-25(21)49(42)5)51-28-18-26-22(16-24(28)31(23)32-35(44)37(46)39(48)38(47)36(32)45)41-34(43(3,4)50(26)6)20-12-8-10-14-30(20)53-41/h7-18,31H,1-6H3/p+1. The first-order valence-electron chi connectivity index (χ1n) is 17.4. The SMILES string of the molecule is CN1c2cc3c(cc2-c2sc4ccccc4c2C1(C)C)C(c1c(F)c(F)c(F)c(F)c1F)c1cc2c(cc1O3)[NH+](C)C(C)(C)c1c-2sc2ccccc12.